The summed E-state index contributed by atoms with van der Waals surface area (Å²) in [4.78, 5) is 13.1. The summed E-state index contributed by atoms with van der Waals surface area (Å²) in [6.45, 7) is 3.43. The van der Waals surface area contributed by atoms with Crippen LogP contribution in [0.5, 0.6) is 0 Å². The molecule has 4 nitrogen and oxygen atoms in total. The third-order valence-corrected chi connectivity index (χ3v) is 2.99. The van der Waals surface area contributed by atoms with Crippen LogP contribution in [0.3, 0.4) is 0 Å². The lowest BCUT2D eigenvalue weighted by Gasteiger charge is -2.15. The molecule has 0 saturated heterocycles. The van der Waals surface area contributed by atoms with Crippen LogP contribution >= 0.6 is 0 Å². The fourth-order valence-electron chi connectivity index (χ4n) is 1.80. The first-order chi connectivity index (χ1) is 9.06. The standard InChI is InChI=1S/C15H23NO3/c1-4-5-9-19-10-8-12-11-13(16(2)3)6-7-14(12)15(17)18/h6-7,11H,4-5,8-10H2,1-3H3,(H,17,18). The quantitative estimate of drug-likeness (QED) is 0.734. The van der Waals surface area contributed by atoms with Gasteiger partial charge in [0.05, 0.1) is 12.2 Å². The van der Waals surface area contributed by atoms with Gasteiger partial charge in [0.25, 0.3) is 0 Å². The first-order valence-electron chi connectivity index (χ1n) is 6.67. The summed E-state index contributed by atoms with van der Waals surface area (Å²) in [5, 5.41) is 9.18. The first-order valence-corrected chi connectivity index (χ1v) is 6.67. The lowest BCUT2D eigenvalue weighted by molar-refractivity contribution is 0.0695. The molecule has 0 unspecified atom stereocenters. The smallest absolute Gasteiger partial charge is 0.335 e. The monoisotopic (exact) mass is 265 g/mol. The molecule has 1 N–H and O–H groups in total. The average Bonchev–Trinajstić information content (AvgIpc) is 2.38. The van der Waals surface area contributed by atoms with E-state index in [-0.39, 0.29) is 0 Å². The van der Waals surface area contributed by atoms with Gasteiger partial charge in [-0.05, 0) is 36.6 Å². The predicted octanol–water partition coefficient (Wildman–Crippen LogP) is 2.81. The van der Waals surface area contributed by atoms with Gasteiger partial charge in [-0.15, -0.1) is 0 Å². The van der Waals surface area contributed by atoms with E-state index in [0.717, 1.165) is 30.7 Å². The largest absolute Gasteiger partial charge is 0.478 e. The van der Waals surface area contributed by atoms with E-state index >= 15 is 0 Å². The maximum absolute atomic E-state index is 11.2. The van der Waals surface area contributed by atoms with Crippen LogP contribution in [0.15, 0.2) is 18.2 Å². The third-order valence-electron chi connectivity index (χ3n) is 2.99. The second-order valence-electron chi connectivity index (χ2n) is 4.76. The van der Waals surface area contributed by atoms with Gasteiger partial charge in [-0.2, -0.15) is 0 Å². The molecule has 0 aliphatic rings. The molecule has 106 valence electrons. The van der Waals surface area contributed by atoms with Crippen LogP contribution in [0.2, 0.25) is 0 Å². The Hall–Kier alpha value is -1.55. The highest BCUT2D eigenvalue weighted by atomic mass is 16.5. The number of nitrogens with zero attached hydrogens (tertiary/aromatic N) is 1. The number of aromatic carboxylic acids is 1. The molecule has 19 heavy (non-hydrogen) atoms. The highest BCUT2D eigenvalue weighted by molar-refractivity contribution is 5.90. The lowest BCUT2D eigenvalue weighted by Crippen LogP contribution is -2.12. The van der Waals surface area contributed by atoms with Crippen LogP contribution in [-0.2, 0) is 11.2 Å². The van der Waals surface area contributed by atoms with Crippen molar-refractivity contribution in [3.05, 3.63) is 29.3 Å². The minimum atomic E-state index is -0.881. The van der Waals surface area contributed by atoms with E-state index in [9.17, 15) is 9.90 Å². The van der Waals surface area contributed by atoms with Crippen molar-refractivity contribution in [2.75, 3.05) is 32.2 Å². The molecule has 0 spiro atoms. The summed E-state index contributed by atoms with van der Waals surface area (Å²) in [7, 11) is 3.88. The Morgan fingerprint density at radius 2 is 2.05 bits per heavy atom. The molecular weight excluding hydrogens is 242 g/mol. The van der Waals surface area contributed by atoms with Crippen LogP contribution in [0.1, 0.15) is 35.7 Å². The molecule has 0 bridgehead atoms. The van der Waals surface area contributed by atoms with Gasteiger partial charge in [-0.3, -0.25) is 0 Å². The predicted molar refractivity (Wildman–Crippen MR) is 77.2 cm³/mol. The van der Waals surface area contributed by atoms with Crippen molar-refractivity contribution in [3.8, 4) is 0 Å². The van der Waals surface area contributed by atoms with Crippen molar-refractivity contribution in [2.45, 2.75) is 26.2 Å². The number of carbonyl (C=O) groups is 1. The normalized spacial score (nSPS) is 10.5. The molecule has 1 aromatic rings. The maximum atomic E-state index is 11.2. The van der Waals surface area contributed by atoms with E-state index in [1.165, 1.54) is 0 Å². The number of ether oxygens (including phenoxy) is 1. The maximum Gasteiger partial charge on any atom is 0.335 e. The summed E-state index contributed by atoms with van der Waals surface area (Å²) >= 11 is 0. The van der Waals surface area contributed by atoms with Crippen LogP contribution in [0.25, 0.3) is 0 Å². The Morgan fingerprint density at radius 3 is 2.63 bits per heavy atom. The fraction of sp³-hybridized carbons (Fsp3) is 0.533. The molecule has 0 radical (unpaired) electrons. The Kier molecular flexibility index (Phi) is 6.36. The Bertz CT molecular complexity index is 416. The zero-order valence-electron chi connectivity index (χ0n) is 12.0. The first kappa shape index (κ1) is 15.5. The highest BCUT2D eigenvalue weighted by Gasteiger charge is 2.11. The SMILES string of the molecule is CCCCOCCc1cc(N(C)C)ccc1C(=O)O. The van der Waals surface area contributed by atoms with E-state index in [4.69, 9.17) is 4.74 Å². The van der Waals surface area contributed by atoms with Crippen LogP contribution in [0.4, 0.5) is 5.69 Å². The molecule has 0 amide bonds. The van der Waals surface area contributed by atoms with E-state index in [1.807, 2.05) is 31.1 Å². The molecule has 0 aliphatic heterocycles. The van der Waals surface area contributed by atoms with E-state index in [1.54, 1.807) is 6.07 Å². The lowest BCUT2D eigenvalue weighted by atomic mass is 10.0. The van der Waals surface area contributed by atoms with Crippen molar-refractivity contribution in [1.82, 2.24) is 0 Å². The van der Waals surface area contributed by atoms with Gasteiger partial charge >= 0.3 is 5.97 Å². The number of carboxylic acid groups (broad SMARTS) is 1. The summed E-state index contributed by atoms with van der Waals surface area (Å²) in [5.41, 5.74) is 2.20. The van der Waals surface area contributed by atoms with Crippen molar-refractivity contribution < 1.29 is 14.6 Å². The molecule has 1 rings (SSSR count). The molecular formula is C15H23NO3. The van der Waals surface area contributed by atoms with Crippen LogP contribution < -0.4 is 4.90 Å². The Balaban J connectivity index is 2.71. The van der Waals surface area contributed by atoms with Gasteiger partial charge in [-0.1, -0.05) is 13.3 Å². The molecule has 0 aliphatic carbocycles. The van der Waals surface area contributed by atoms with Gasteiger partial charge < -0.3 is 14.7 Å². The number of carboxylic acids is 1. The van der Waals surface area contributed by atoms with Crippen LogP contribution in [0, 0.1) is 0 Å². The van der Waals surface area contributed by atoms with Gasteiger partial charge in [0.15, 0.2) is 0 Å². The van der Waals surface area contributed by atoms with Gasteiger partial charge in [0, 0.05) is 26.4 Å². The fourth-order valence-corrected chi connectivity index (χ4v) is 1.80. The number of rotatable bonds is 8. The number of unbranched alkanes of at least 4 members (excludes halogenated alkanes) is 1. The minimum Gasteiger partial charge on any atom is -0.478 e. The van der Waals surface area contributed by atoms with Gasteiger partial charge in [0.2, 0.25) is 0 Å². The zero-order chi connectivity index (χ0) is 14.3. The average molecular weight is 265 g/mol. The van der Waals surface area contributed by atoms with Crippen LogP contribution in [-0.4, -0.2) is 38.4 Å². The van der Waals surface area contributed by atoms with Crippen molar-refractivity contribution >= 4 is 11.7 Å². The van der Waals surface area contributed by atoms with Crippen molar-refractivity contribution in [2.24, 2.45) is 0 Å². The molecule has 1 aromatic carbocycles. The van der Waals surface area contributed by atoms with E-state index in [0.29, 0.717) is 18.6 Å². The molecule has 0 fully saturated rings. The molecule has 0 aromatic heterocycles. The number of anilines is 1. The second-order valence-corrected chi connectivity index (χ2v) is 4.76. The van der Waals surface area contributed by atoms with Gasteiger partial charge in [0.1, 0.15) is 0 Å². The van der Waals surface area contributed by atoms with E-state index in [2.05, 4.69) is 6.92 Å². The summed E-state index contributed by atoms with van der Waals surface area (Å²) < 4.78 is 5.51. The minimum absolute atomic E-state index is 0.365. The molecule has 0 atom stereocenters. The van der Waals surface area contributed by atoms with Gasteiger partial charge in [-0.25, -0.2) is 4.79 Å². The summed E-state index contributed by atoms with van der Waals surface area (Å²) in [6, 6.07) is 5.41. The summed E-state index contributed by atoms with van der Waals surface area (Å²) in [5.74, 6) is -0.881. The topological polar surface area (TPSA) is 49.8 Å². The number of hydrogen-bond acceptors (Lipinski definition) is 3. The zero-order valence-corrected chi connectivity index (χ0v) is 12.0. The van der Waals surface area contributed by atoms with Crippen molar-refractivity contribution in [1.29, 1.82) is 0 Å². The highest BCUT2D eigenvalue weighted by Crippen LogP contribution is 2.19. The Morgan fingerprint density at radius 1 is 1.32 bits per heavy atom. The third kappa shape index (κ3) is 4.91. The Labute approximate surface area is 115 Å². The van der Waals surface area contributed by atoms with E-state index < -0.39 is 5.97 Å². The number of benzene rings is 1. The molecule has 0 heterocycles. The van der Waals surface area contributed by atoms with Crippen molar-refractivity contribution in [3.63, 3.8) is 0 Å². The number of hydrogen-bond donors (Lipinski definition) is 1. The second kappa shape index (κ2) is 7.79. The summed E-state index contributed by atoms with van der Waals surface area (Å²) in [6.07, 6.45) is 2.78. The molecule has 4 heteroatoms. The molecule has 0 saturated carbocycles.